The van der Waals surface area contributed by atoms with Gasteiger partial charge in [-0.1, -0.05) is 36.4 Å². The molecular weight excluding hydrogens is 462 g/mol. The van der Waals surface area contributed by atoms with E-state index in [2.05, 4.69) is 10.6 Å². The van der Waals surface area contributed by atoms with Gasteiger partial charge < -0.3 is 19.9 Å². The number of rotatable bonds is 9. The largest absolute Gasteiger partial charge is 0.481 e. The second-order valence-corrected chi connectivity index (χ2v) is 7.96. The summed E-state index contributed by atoms with van der Waals surface area (Å²) in [6, 6.07) is 20.8. The summed E-state index contributed by atoms with van der Waals surface area (Å²) >= 11 is 0. The van der Waals surface area contributed by atoms with Gasteiger partial charge in [-0.2, -0.15) is 0 Å². The first-order valence-corrected chi connectivity index (χ1v) is 11.4. The Morgan fingerprint density at radius 2 is 1.50 bits per heavy atom. The summed E-state index contributed by atoms with van der Waals surface area (Å²) in [6.07, 6.45) is -1.15. The van der Waals surface area contributed by atoms with Gasteiger partial charge in [0.05, 0.1) is 36.2 Å². The van der Waals surface area contributed by atoms with Crippen molar-refractivity contribution in [2.45, 2.75) is 26.4 Å². The van der Waals surface area contributed by atoms with Crippen LogP contribution in [0.5, 0.6) is 0 Å². The molecule has 0 aliphatic rings. The maximum absolute atomic E-state index is 12.1. The number of ether oxygens (including phenoxy) is 2. The number of fused-ring (bicyclic) bond motifs is 2. The third-order valence-electron chi connectivity index (χ3n) is 5.31. The van der Waals surface area contributed by atoms with Gasteiger partial charge in [-0.15, -0.1) is 0 Å². The Balaban J connectivity index is 1.69. The average Bonchev–Trinajstić information content (AvgIpc) is 2.86. The van der Waals surface area contributed by atoms with Crippen molar-refractivity contribution in [3.8, 4) is 0 Å². The van der Waals surface area contributed by atoms with E-state index in [4.69, 9.17) is 19.6 Å². The van der Waals surface area contributed by atoms with Crippen molar-refractivity contribution in [2.24, 2.45) is 0 Å². The zero-order valence-corrected chi connectivity index (χ0v) is 19.6. The molecule has 3 aromatic carbocycles. The van der Waals surface area contributed by atoms with E-state index in [1.807, 2.05) is 48.5 Å². The number of carboxylic acid groups (broad SMARTS) is 1. The lowest BCUT2D eigenvalue weighted by Crippen LogP contribution is -2.14. The molecule has 184 valence electrons. The van der Waals surface area contributed by atoms with E-state index in [-0.39, 0.29) is 26.1 Å². The van der Waals surface area contributed by atoms with E-state index in [1.54, 1.807) is 25.1 Å². The van der Waals surface area contributed by atoms with Crippen LogP contribution in [-0.4, -0.2) is 34.7 Å². The van der Waals surface area contributed by atoms with Crippen molar-refractivity contribution < 1.29 is 29.0 Å². The minimum absolute atomic E-state index is 0.0939. The number of anilines is 3. The molecule has 9 heteroatoms. The molecule has 4 rings (SSSR count). The van der Waals surface area contributed by atoms with Gasteiger partial charge in [0.15, 0.2) is 0 Å². The molecule has 0 fully saturated rings. The number of hydrogen-bond donors (Lipinski definition) is 3. The van der Waals surface area contributed by atoms with Crippen LogP contribution < -0.4 is 10.6 Å². The van der Waals surface area contributed by atoms with Gasteiger partial charge in [-0.25, -0.2) is 9.78 Å². The number of para-hydroxylation sites is 2. The predicted molar refractivity (Wildman–Crippen MR) is 136 cm³/mol. The maximum Gasteiger partial charge on any atom is 0.411 e. The molecule has 4 aromatic rings. The molecule has 0 unspecified atom stereocenters. The standard InChI is InChI=1S/C27H25N3O6/c1-2-35-27(34)29-19-14-17(16-36-25(33)12-11-24(31)32)13-18(15-19)28-26-20-7-3-5-9-22(20)30-23-10-6-4-8-21(23)26/h3-10,13-15H,2,11-12,16H2,1H3,(H,28,30)(H,29,34)(H,31,32). The number of benzene rings is 3. The Labute approximate surface area is 207 Å². The van der Waals surface area contributed by atoms with Gasteiger partial charge >= 0.3 is 18.0 Å². The minimum Gasteiger partial charge on any atom is -0.481 e. The quantitative estimate of drug-likeness (QED) is 0.205. The lowest BCUT2D eigenvalue weighted by Gasteiger charge is -2.16. The fourth-order valence-electron chi connectivity index (χ4n) is 3.77. The van der Waals surface area contributed by atoms with Gasteiger partial charge in [-0.05, 0) is 42.8 Å². The zero-order chi connectivity index (χ0) is 25.5. The number of carbonyl (C=O) groups is 3. The molecule has 36 heavy (non-hydrogen) atoms. The summed E-state index contributed by atoms with van der Waals surface area (Å²) in [6.45, 7) is 1.83. The van der Waals surface area contributed by atoms with Crippen molar-refractivity contribution in [3.05, 3.63) is 72.3 Å². The average molecular weight is 488 g/mol. The number of pyridine rings is 1. The van der Waals surface area contributed by atoms with Crippen LogP contribution in [0, 0.1) is 0 Å². The van der Waals surface area contributed by atoms with Crippen molar-refractivity contribution in [1.29, 1.82) is 0 Å². The highest BCUT2D eigenvalue weighted by atomic mass is 16.5. The van der Waals surface area contributed by atoms with Gasteiger partial charge in [0, 0.05) is 22.1 Å². The molecular formula is C27H25N3O6. The lowest BCUT2D eigenvalue weighted by atomic mass is 10.1. The number of carboxylic acids is 1. The Kier molecular flexibility index (Phi) is 7.60. The first-order valence-electron chi connectivity index (χ1n) is 11.4. The number of carbonyl (C=O) groups excluding carboxylic acids is 2. The zero-order valence-electron chi connectivity index (χ0n) is 19.6. The SMILES string of the molecule is CCOC(=O)Nc1cc(COC(=O)CCC(=O)O)cc(Nc2c3ccccc3nc3ccccc23)c1. The molecule has 9 nitrogen and oxygen atoms in total. The molecule has 1 heterocycles. The Morgan fingerprint density at radius 3 is 2.14 bits per heavy atom. The molecule has 1 amide bonds. The molecule has 0 bridgehead atoms. The van der Waals surface area contributed by atoms with Crippen molar-refractivity contribution in [1.82, 2.24) is 4.98 Å². The van der Waals surface area contributed by atoms with Gasteiger partial charge in [0.1, 0.15) is 6.61 Å². The molecule has 0 aliphatic heterocycles. The van der Waals surface area contributed by atoms with Crippen LogP contribution in [0.1, 0.15) is 25.3 Å². The highest BCUT2D eigenvalue weighted by molar-refractivity contribution is 6.08. The molecule has 0 spiro atoms. The topological polar surface area (TPSA) is 127 Å². The number of esters is 1. The Hall–Kier alpha value is -4.66. The first-order chi connectivity index (χ1) is 17.4. The number of nitrogens with zero attached hydrogens (tertiary/aromatic N) is 1. The second kappa shape index (κ2) is 11.2. The van der Waals surface area contributed by atoms with Crippen LogP contribution in [0.3, 0.4) is 0 Å². The van der Waals surface area contributed by atoms with Crippen LogP contribution in [0.15, 0.2) is 66.7 Å². The summed E-state index contributed by atoms with van der Waals surface area (Å²) in [5, 5.41) is 16.7. The molecule has 0 aliphatic carbocycles. The van der Waals surface area contributed by atoms with Gasteiger partial charge in [0.2, 0.25) is 0 Å². The van der Waals surface area contributed by atoms with Crippen molar-refractivity contribution >= 4 is 56.9 Å². The van der Waals surface area contributed by atoms with Gasteiger partial charge in [-0.3, -0.25) is 14.9 Å². The molecule has 0 atom stereocenters. The number of aromatic nitrogens is 1. The predicted octanol–water partition coefficient (Wildman–Crippen LogP) is 5.61. The second-order valence-electron chi connectivity index (χ2n) is 7.96. The molecule has 0 radical (unpaired) electrons. The fraction of sp³-hybridized carbons (Fsp3) is 0.185. The van der Waals surface area contributed by atoms with E-state index in [0.717, 1.165) is 27.5 Å². The van der Waals surface area contributed by atoms with Crippen LogP contribution in [0.25, 0.3) is 21.8 Å². The normalized spacial score (nSPS) is 10.7. The van der Waals surface area contributed by atoms with Crippen LogP contribution >= 0.6 is 0 Å². The first kappa shape index (κ1) is 24.5. The number of nitrogens with one attached hydrogen (secondary N) is 2. The van der Waals surface area contributed by atoms with Crippen molar-refractivity contribution in [2.75, 3.05) is 17.2 Å². The van der Waals surface area contributed by atoms with E-state index < -0.39 is 18.0 Å². The van der Waals surface area contributed by atoms with E-state index in [9.17, 15) is 14.4 Å². The summed E-state index contributed by atoms with van der Waals surface area (Å²) < 4.78 is 10.2. The third-order valence-corrected chi connectivity index (χ3v) is 5.31. The van der Waals surface area contributed by atoms with Crippen molar-refractivity contribution in [3.63, 3.8) is 0 Å². The van der Waals surface area contributed by atoms with Gasteiger partial charge in [0.25, 0.3) is 0 Å². The monoisotopic (exact) mass is 487 g/mol. The Bertz CT molecular complexity index is 1380. The molecule has 0 saturated carbocycles. The smallest absolute Gasteiger partial charge is 0.411 e. The molecule has 0 saturated heterocycles. The number of aliphatic carboxylic acids is 1. The summed E-state index contributed by atoms with van der Waals surface area (Å²) in [7, 11) is 0. The Morgan fingerprint density at radius 1 is 0.861 bits per heavy atom. The lowest BCUT2D eigenvalue weighted by molar-refractivity contribution is -0.148. The number of amides is 1. The van der Waals surface area contributed by atoms with Crippen LogP contribution in [0.2, 0.25) is 0 Å². The third kappa shape index (κ3) is 6.06. The number of hydrogen-bond acceptors (Lipinski definition) is 7. The van der Waals surface area contributed by atoms with E-state index in [0.29, 0.717) is 16.9 Å². The van der Waals surface area contributed by atoms with Crippen LogP contribution in [-0.2, 0) is 25.7 Å². The summed E-state index contributed by atoms with van der Waals surface area (Å²) in [5.41, 5.74) is 4.17. The highest BCUT2D eigenvalue weighted by Gasteiger charge is 2.13. The maximum atomic E-state index is 12.1. The van der Waals surface area contributed by atoms with E-state index >= 15 is 0 Å². The summed E-state index contributed by atoms with van der Waals surface area (Å²) in [5.74, 6) is -1.70. The highest BCUT2D eigenvalue weighted by Crippen LogP contribution is 2.34. The minimum atomic E-state index is -1.07. The molecule has 1 aromatic heterocycles. The van der Waals surface area contributed by atoms with E-state index in [1.165, 1.54) is 0 Å². The fourth-order valence-corrected chi connectivity index (χ4v) is 3.77. The summed E-state index contributed by atoms with van der Waals surface area (Å²) in [4.78, 5) is 39.4. The van der Waals surface area contributed by atoms with Crippen LogP contribution in [0.4, 0.5) is 21.9 Å². The molecule has 3 N–H and O–H groups in total.